The summed E-state index contributed by atoms with van der Waals surface area (Å²) < 4.78 is 47.2. The third-order valence-electron chi connectivity index (χ3n) is 8.02. The van der Waals surface area contributed by atoms with Crippen LogP contribution in [0.2, 0.25) is 0 Å². The fraction of sp³-hybridized carbons (Fsp3) is 0.586. The molecule has 3 fully saturated rings. The van der Waals surface area contributed by atoms with E-state index in [4.69, 9.17) is 19.6 Å². The molecule has 2 aromatic rings. The summed E-state index contributed by atoms with van der Waals surface area (Å²) in [5.74, 6) is -0.383. The van der Waals surface area contributed by atoms with Gasteiger partial charge in [0.15, 0.2) is 23.0 Å². The Bertz CT molecular complexity index is 1360. The van der Waals surface area contributed by atoms with Crippen LogP contribution < -0.4 is 20.5 Å². The molecule has 15 heteroatoms. The van der Waals surface area contributed by atoms with Crippen LogP contribution in [0.3, 0.4) is 0 Å². The van der Waals surface area contributed by atoms with E-state index in [9.17, 15) is 23.2 Å². The van der Waals surface area contributed by atoms with Gasteiger partial charge in [0.1, 0.15) is 6.04 Å². The minimum Gasteiger partial charge on any atom is -0.489 e. The molecule has 0 bridgehead atoms. The van der Waals surface area contributed by atoms with E-state index in [1.807, 2.05) is 7.05 Å². The second kappa shape index (κ2) is 13.3. The van der Waals surface area contributed by atoms with Crippen molar-refractivity contribution in [3.8, 4) is 23.0 Å². The fourth-order valence-corrected chi connectivity index (χ4v) is 5.35. The molecule has 0 unspecified atom stereocenters. The molecule has 3 heterocycles. The molecule has 2 saturated heterocycles. The second-order valence-corrected chi connectivity index (χ2v) is 11.5. The number of piperazine rings is 1. The molecule has 3 atom stereocenters. The average Bonchev–Trinajstić information content (AvgIpc) is 3.56. The first-order valence-corrected chi connectivity index (χ1v) is 14.6. The van der Waals surface area contributed by atoms with E-state index in [2.05, 4.69) is 19.9 Å². The van der Waals surface area contributed by atoms with Gasteiger partial charge in [-0.1, -0.05) is 0 Å². The van der Waals surface area contributed by atoms with Crippen molar-refractivity contribution in [2.24, 2.45) is 11.7 Å². The predicted molar refractivity (Wildman–Crippen MR) is 152 cm³/mol. The summed E-state index contributed by atoms with van der Waals surface area (Å²) in [5.41, 5.74) is 6.46. The van der Waals surface area contributed by atoms with Gasteiger partial charge in [0, 0.05) is 38.3 Å². The SMILES string of the molecule is COC(=O)N[C@@H]1C[C@@H](C(=O)N2CCN(C)CC2)N(C(=O)c2nc(-c3ccc(OC(F)F)c(OCC4CC4)c3)oc2[C@H](C)N)C1. The highest BCUT2D eigenvalue weighted by atomic mass is 19.3. The number of hydrogen-bond donors (Lipinski definition) is 2. The van der Waals surface area contributed by atoms with E-state index in [0.717, 1.165) is 12.8 Å². The number of carbonyl (C=O) groups excluding carboxylic acids is 3. The quantitative estimate of drug-likeness (QED) is 0.405. The summed E-state index contributed by atoms with van der Waals surface area (Å²) in [6, 6.07) is 2.12. The summed E-state index contributed by atoms with van der Waals surface area (Å²) in [5, 5.41) is 2.70. The molecule has 1 aromatic heterocycles. The van der Waals surface area contributed by atoms with Crippen LogP contribution in [0.4, 0.5) is 13.6 Å². The zero-order chi connectivity index (χ0) is 31.5. The summed E-state index contributed by atoms with van der Waals surface area (Å²) in [6.07, 6.45) is 1.52. The van der Waals surface area contributed by atoms with Crippen molar-refractivity contribution in [1.82, 2.24) is 25.0 Å². The van der Waals surface area contributed by atoms with E-state index in [1.54, 1.807) is 11.8 Å². The van der Waals surface area contributed by atoms with Crippen molar-refractivity contribution in [3.05, 3.63) is 29.7 Å². The van der Waals surface area contributed by atoms with Gasteiger partial charge in [0.2, 0.25) is 11.8 Å². The summed E-state index contributed by atoms with van der Waals surface area (Å²) in [4.78, 5) is 49.5. The molecule has 1 aromatic carbocycles. The third-order valence-corrected chi connectivity index (χ3v) is 8.02. The molecule has 1 aliphatic carbocycles. The molecule has 3 aliphatic rings. The zero-order valence-electron chi connectivity index (χ0n) is 25.0. The summed E-state index contributed by atoms with van der Waals surface area (Å²) in [7, 11) is 3.21. The van der Waals surface area contributed by atoms with Gasteiger partial charge in [-0.05, 0) is 57.4 Å². The highest BCUT2D eigenvalue weighted by Crippen LogP contribution is 2.37. The van der Waals surface area contributed by atoms with Crippen LogP contribution >= 0.6 is 0 Å². The highest BCUT2D eigenvalue weighted by Gasteiger charge is 2.44. The van der Waals surface area contributed by atoms with Gasteiger partial charge < -0.3 is 44.4 Å². The van der Waals surface area contributed by atoms with E-state index in [0.29, 0.717) is 44.3 Å². The number of nitrogens with zero attached hydrogens (tertiary/aromatic N) is 4. The number of alkyl halides is 2. The minimum atomic E-state index is -3.04. The Hall–Kier alpha value is -3.98. The first-order valence-electron chi connectivity index (χ1n) is 14.6. The number of ether oxygens (including phenoxy) is 3. The predicted octanol–water partition coefficient (Wildman–Crippen LogP) is 2.46. The van der Waals surface area contributed by atoms with E-state index in [-0.39, 0.29) is 47.7 Å². The van der Waals surface area contributed by atoms with Gasteiger partial charge in [-0.3, -0.25) is 9.59 Å². The summed E-state index contributed by atoms with van der Waals surface area (Å²) in [6.45, 7) is 1.40. The number of likely N-dealkylation sites (tertiary alicyclic amines) is 1. The smallest absolute Gasteiger partial charge is 0.407 e. The van der Waals surface area contributed by atoms with Crippen molar-refractivity contribution < 1.29 is 41.8 Å². The standard InChI is InChI=1S/C29H38F2N6O7/c1-16(32)24-23(34-25(44-24)18-6-7-21(43-28(30)31)22(12-18)42-15-17-4-5-17)27(39)37-14-19(33-29(40)41-3)13-20(37)26(38)36-10-8-35(2)9-11-36/h6-7,12,16-17,19-20,28H,4-5,8-11,13-15,32H2,1-3H3,(H,33,40)/t16-,19+,20-/m0/s1. The lowest BCUT2D eigenvalue weighted by molar-refractivity contribution is -0.136. The minimum absolute atomic E-state index is 0.0193. The van der Waals surface area contributed by atoms with Gasteiger partial charge >= 0.3 is 12.7 Å². The number of hydrogen-bond acceptors (Lipinski definition) is 10. The van der Waals surface area contributed by atoms with E-state index in [1.165, 1.54) is 30.2 Å². The van der Waals surface area contributed by atoms with Crippen molar-refractivity contribution in [3.63, 3.8) is 0 Å². The fourth-order valence-electron chi connectivity index (χ4n) is 5.35. The van der Waals surface area contributed by atoms with Crippen LogP contribution in [0.1, 0.15) is 48.5 Å². The van der Waals surface area contributed by atoms with Gasteiger partial charge in [0.25, 0.3) is 5.91 Å². The second-order valence-electron chi connectivity index (χ2n) is 11.5. The van der Waals surface area contributed by atoms with E-state index < -0.39 is 36.7 Å². The number of nitrogens with one attached hydrogen (secondary N) is 1. The van der Waals surface area contributed by atoms with Crippen LogP contribution in [0.15, 0.2) is 22.6 Å². The topological polar surface area (TPSA) is 153 Å². The number of benzene rings is 1. The number of alkyl carbamates (subject to hydrolysis) is 1. The maximum absolute atomic E-state index is 14.1. The number of likely N-dealkylation sites (N-methyl/N-ethyl adjacent to an activating group) is 1. The Morgan fingerprint density at radius 1 is 1.16 bits per heavy atom. The third kappa shape index (κ3) is 7.21. The molecule has 3 N–H and O–H groups in total. The van der Waals surface area contributed by atoms with Crippen molar-refractivity contribution in [2.45, 2.75) is 50.9 Å². The lowest BCUT2D eigenvalue weighted by Gasteiger charge is -2.35. The molecule has 5 rings (SSSR count). The molecule has 1 saturated carbocycles. The Kier molecular flexibility index (Phi) is 9.53. The first kappa shape index (κ1) is 31.4. The molecule has 0 spiro atoms. The van der Waals surface area contributed by atoms with E-state index >= 15 is 0 Å². The highest BCUT2D eigenvalue weighted by molar-refractivity contribution is 5.98. The monoisotopic (exact) mass is 620 g/mol. The normalized spacial score (nSPS) is 21.3. The largest absolute Gasteiger partial charge is 0.489 e. The molecule has 240 valence electrons. The Morgan fingerprint density at radius 2 is 1.89 bits per heavy atom. The molecular weight excluding hydrogens is 582 g/mol. The average molecular weight is 621 g/mol. The Balaban J connectivity index is 1.44. The zero-order valence-corrected chi connectivity index (χ0v) is 25.0. The van der Waals surface area contributed by atoms with Crippen LogP contribution in [-0.4, -0.2) is 110 Å². The molecular formula is C29H38F2N6O7. The van der Waals surface area contributed by atoms with Crippen molar-refractivity contribution >= 4 is 17.9 Å². The number of methoxy groups -OCH3 is 1. The lowest BCUT2D eigenvalue weighted by atomic mass is 10.1. The molecule has 3 amide bonds. The Morgan fingerprint density at radius 3 is 2.52 bits per heavy atom. The molecule has 0 radical (unpaired) electrons. The van der Waals surface area contributed by atoms with Gasteiger partial charge in [-0.15, -0.1) is 0 Å². The van der Waals surface area contributed by atoms with Crippen LogP contribution in [-0.2, 0) is 9.53 Å². The maximum Gasteiger partial charge on any atom is 0.407 e. The summed E-state index contributed by atoms with van der Waals surface area (Å²) >= 11 is 0. The number of nitrogens with two attached hydrogens (primary N) is 1. The van der Waals surface area contributed by atoms with Crippen molar-refractivity contribution in [2.75, 3.05) is 53.5 Å². The number of carbonyl (C=O) groups is 3. The number of rotatable bonds is 10. The van der Waals surface area contributed by atoms with Gasteiger partial charge in [0.05, 0.1) is 25.8 Å². The molecule has 2 aliphatic heterocycles. The number of aromatic nitrogens is 1. The molecule has 44 heavy (non-hydrogen) atoms. The number of amides is 3. The molecule has 13 nitrogen and oxygen atoms in total. The van der Waals surface area contributed by atoms with Crippen LogP contribution in [0.25, 0.3) is 11.5 Å². The van der Waals surface area contributed by atoms with Gasteiger partial charge in [-0.2, -0.15) is 8.78 Å². The lowest BCUT2D eigenvalue weighted by Crippen LogP contribution is -2.53. The number of halogens is 2. The van der Waals surface area contributed by atoms with Gasteiger partial charge in [-0.25, -0.2) is 9.78 Å². The van der Waals surface area contributed by atoms with Crippen LogP contribution in [0.5, 0.6) is 11.5 Å². The maximum atomic E-state index is 14.1. The first-order chi connectivity index (χ1) is 21.0. The Labute approximate surface area is 253 Å². The van der Waals surface area contributed by atoms with Crippen LogP contribution in [0, 0.1) is 5.92 Å². The number of oxazole rings is 1. The van der Waals surface area contributed by atoms with Crippen molar-refractivity contribution in [1.29, 1.82) is 0 Å².